The van der Waals surface area contributed by atoms with E-state index in [0.717, 1.165) is 11.8 Å². The number of aliphatic hydroxyl groups is 1. The van der Waals surface area contributed by atoms with Crippen LogP contribution in [0, 0.1) is 11.8 Å². The van der Waals surface area contributed by atoms with Gasteiger partial charge in [0.15, 0.2) is 0 Å². The molecule has 2 rings (SSSR count). The molecule has 112 valence electrons. The molecule has 3 heteroatoms. The molecule has 0 spiro atoms. The topological polar surface area (TPSA) is 41.5 Å². The van der Waals surface area contributed by atoms with Crippen molar-refractivity contribution in [3.8, 4) is 0 Å². The fourth-order valence-electron chi connectivity index (χ4n) is 3.44. The Morgan fingerprint density at radius 1 is 1.11 bits per heavy atom. The second kappa shape index (κ2) is 7.61. The van der Waals surface area contributed by atoms with Crippen LogP contribution in [0.2, 0.25) is 0 Å². The second-order valence-electron chi connectivity index (χ2n) is 6.79. The summed E-state index contributed by atoms with van der Waals surface area (Å²) in [4.78, 5) is 0. The van der Waals surface area contributed by atoms with E-state index in [1.165, 1.54) is 44.9 Å². The molecule has 3 nitrogen and oxygen atoms in total. The molecule has 0 aromatic carbocycles. The van der Waals surface area contributed by atoms with Crippen molar-refractivity contribution < 1.29 is 9.84 Å². The summed E-state index contributed by atoms with van der Waals surface area (Å²) in [6, 6.07) is 0.602. The number of hydrogen-bond donors (Lipinski definition) is 2. The van der Waals surface area contributed by atoms with Gasteiger partial charge >= 0.3 is 0 Å². The minimum atomic E-state index is -0.354. The van der Waals surface area contributed by atoms with Gasteiger partial charge in [0, 0.05) is 12.6 Å². The highest BCUT2D eigenvalue weighted by Gasteiger charge is 2.24. The van der Waals surface area contributed by atoms with Crippen LogP contribution < -0.4 is 5.32 Å². The molecule has 0 aromatic heterocycles. The normalized spacial score (nSPS) is 37.4. The van der Waals surface area contributed by atoms with Crippen LogP contribution in [-0.2, 0) is 4.74 Å². The van der Waals surface area contributed by atoms with Crippen LogP contribution in [0.4, 0.5) is 0 Å². The molecule has 2 aliphatic carbocycles. The van der Waals surface area contributed by atoms with Gasteiger partial charge in [-0.05, 0) is 50.4 Å². The van der Waals surface area contributed by atoms with Crippen molar-refractivity contribution in [3.05, 3.63) is 0 Å². The van der Waals surface area contributed by atoms with E-state index in [4.69, 9.17) is 4.74 Å². The van der Waals surface area contributed by atoms with E-state index >= 15 is 0 Å². The van der Waals surface area contributed by atoms with Gasteiger partial charge in [0.1, 0.15) is 0 Å². The van der Waals surface area contributed by atoms with Crippen molar-refractivity contribution in [2.75, 3.05) is 13.2 Å². The van der Waals surface area contributed by atoms with Crippen molar-refractivity contribution in [2.24, 2.45) is 11.8 Å². The first kappa shape index (κ1) is 15.3. The molecule has 0 aliphatic heterocycles. The number of rotatable bonds is 6. The summed E-state index contributed by atoms with van der Waals surface area (Å²) in [5, 5.41) is 13.5. The van der Waals surface area contributed by atoms with Crippen molar-refractivity contribution in [2.45, 2.75) is 77.0 Å². The second-order valence-corrected chi connectivity index (χ2v) is 6.79. The Kier molecular flexibility index (Phi) is 6.11. The zero-order valence-corrected chi connectivity index (χ0v) is 12.6. The van der Waals surface area contributed by atoms with Gasteiger partial charge in [-0.3, -0.25) is 0 Å². The minimum Gasteiger partial charge on any atom is -0.389 e. The van der Waals surface area contributed by atoms with E-state index in [1.54, 1.807) is 0 Å². The number of aliphatic hydroxyl groups excluding tert-OH is 1. The van der Waals surface area contributed by atoms with Gasteiger partial charge in [0.2, 0.25) is 0 Å². The summed E-state index contributed by atoms with van der Waals surface area (Å²) >= 11 is 0. The van der Waals surface area contributed by atoms with Crippen LogP contribution in [-0.4, -0.2) is 36.5 Å². The fourth-order valence-corrected chi connectivity index (χ4v) is 3.44. The lowest BCUT2D eigenvalue weighted by Crippen LogP contribution is -2.39. The molecule has 3 unspecified atom stereocenters. The molecule has 2 saturated carbocycles. The van der Waals surface area contributed by atoms with Gasteiger partial charge in [-0.2, -0.15) is 0 Å². The summed E-state index contributed by atoms with van der Waals surface area (Å²) in [6.07, 6.45) is 8.83. The molecule has 0 saturated heterocycles. The third kappa shape index (κ3) is 5.05. The predicted molar refractivity (Wildman–Crippen MR) is 78.2 cm³/mol. The quantitative estimate of drug-likeness (QED) is 0.779. The van der Waals surface area contributed by atoms with E-state index < -0.39 is 0 Å². The van der Waals surface area contributed by atoms with Gasteiger partial charge in [-0.15, -0.1) is 0 Å². The third-order valence-electron chi connectivity index (χ3n) is 4.96. The lowest BCUT2D eigenvalue weighted by Gasteiger charge is -2.27. The highest BCUT2D eigenvalue weighted by Crippen LogP contribution is 2.26. The van der Waals surface area contributed by atoms with Crippen LogP contribution >= 0.6 is 0 Å². The molecule has 2 aliphatic rings. The maximum atomic E-state index is 9.99. The molecule has 2 N–H and O–H groups in total. The van der Waals surface area contributed by atoms with E-state index in [9.17, 15) is 5.11 Å². The zero-order chi connectivity index (χ0) is 13.7. The summed E-state index contributed by atoms with van der Waals surface area (Å²) < 4.78 is 5.85. The first-order valence-electron chi connectivity index (χ1n) is 8.18. The molecule has 2 fully saturated rings. The predicted octanol–water partition coefficient (Wildman–Crippen LogP) is 2.72. The van der Waals surface area contributed by atoms with Crippen molar-refractivity contribution >= 4 is 0 Å². The maximum Gasteiger partial charge on any atom is 0.0897 e. The molecule has 0 bridgehead atoms. The number of hydrogen-bond acceptors (Lipinski definition) is 3. The molecule has 19 heavy (non-hydrogen) atoms. The Balaban J connectivity index is 1.55. The highest BCUT2D eigenvalue weighted by molar-refractivity contribution is 4.81. The van der Waals surface area contributed by atoms with Gasteiger partial charge in [0.25, 0.3) is 0 Å². The monoisotopic (exact) mass is 269 g/mol. The molecular weight excluding hydrogens is 238 g/mol. The highest BCUT2D eigenvalue weighted by atomic mass is 16.5. The van der Waals surface area contributed by atoms with Gasteiger partial charge in [0.05, 0.1) is 18.8 Å². The summed E-state index contributed by atoms with van der Waals surface area (Å²) in [7, 11) is 0. The van der Waals surface area contributed by atoms with Crippen molar-refractivity contribution in [1.29, 1.82) is 0 Å². The Bertz CT molecular complexity index is 251. The zero-order valence-electron chi connectivity index (χ0n) is 12.6. The molecule has 3 atom stereocenters. The molecule has 0 radical (unpaired) electrons. The van der Waals surface area contributed by atoms with E-state index in [-0.39, 0.29) is 6.10 Å². The Hall–Kier alpha value is -0.120. The van der Waals surface area contributed by atoms with Gasteiger partial charge < -0.3 is 15.2 Å². The van der Waals surface area contributed by atoms with Crippen LogP contribution in [0.5, 0.6) is 0 Å². The Morgan fingerprint density at radius 3 is 2.47 bits per heavy atom. The fraction of sp³-hybridized carbons (Fsp3) is 1.00. The molecule has 0 amide bonds. The third-order valence-corrected chi connectivity index (χ3v) is 4.96. The first-order valence-corrected chi connectivity index (χ1v) is 8.18. The summed E-state index contributed by atoms with van der Waals surface area (Å²) in [5.74, 6) is 1.61. The smallest absolute Gasteiger partial charge is 0.0897 e. The first-order chi connectivity index (χ1) is 9.15. The van der Waals surface area contributed by atoms with Crippen LogP contribution in [0.1, 0.15) is 58.8 Å². The standard InChI is InChI=1S/C16H31NO2/c1-12-6-8-15(9-7-12)19-11-14(18)10-17-16-5-3-4-13(16)2/h12-18H,3-11H2,1-2H3. The van der Waals surface area contributed by atoms with Crippen molar-refractivity contribution in [1.82, 2.24) is 5.32 Å². The summed E-state index contributed by atoms with van der Waals surface area (Å²) in [6.45, 7) is 5.79. The van der Waals surface area contributed by atoms with Crippen LogP contribution in [0.15, 0.2) is 0 Å². The van der Waals surface area contributed by atoms with E-state index in [0.29, 0.717) is 25.3 Å². The minimum absolute atomic E-state index is 0.354. The SMILES string of the molecule is CC1CCC(OCC(O)CNC2CCCC2C)CC1. The van der Waals surface area contributed by atoms with E-state index in [1.807, 2.05) is 0 Å². The number of nitrogens with one attached hydrogen (secondary N) is 1. The number of ether oxygens (including phenoxy) is 1. The summed E-state index contributed by atoms with van der Waals surface area (Å²) in [5.41, 5.74) is 0. The average molecular weight is 269 g/mol. The molecule has 0 aromatic rings. The van der Waals surface area contributed by atoms with Gasteiger partial charge in [-0.1, -0.05) is 20.3 Å². The Morgan fingerprint density at radius 2 is 1.84 bits per heavy atom. The van der Waals surface area contributed by atoms with Crippen molar-refractivity contribution in [3.63, 3.8) is 0 Å². The van der Waals surface area contributed by atoms with E-state index in [2.05, 4.69) is 19.2 Å². The Labute approximate surface area is 118 Å². The molecular formula is C16H31NO2. The van der Waals surface area contributed by atoms with Crippen LogP contribution in [0.3, 0.4) is 0 Å². The lowest BCUT2D eigenvalue weighted by molar-refractivity contribution is -0.0285. The van der Waals surface area contributed by atoms with Gasteiger partial charge in [-0.25, -0.2) is 0 Å². The lowest BCUT2D eigenvalue weighted by atomic mass is 9.89. The maximum absolute atomic E-state index is 9.99. The molecule has 0 heterocycles. The largest absolute Gasteiger partial charge is 0.389 e. The van der Waals surface area contributed by atoms with Crippen LogP contribution in [0.25, 0.3) is 0 Å². The average Bonchev–Trinajstić information content (AvgIpc) is 2.81.